The van der Waals surface area contributed by atoms with Crippen LogP contribution in [-0.4, -0.2) is 37.4 Å². The number of amides is 1. The molecule has 0 saturated carbocycles. The van der Waals surface area contributed by atoms with E-state index in [9.17, 15) is 23.3 Å². The molecular formula is C15H16N4O6S. The van der Waals surface area contributed by atoms with Crippen LogP contribution in [0.5, 0.6) is 5.75 Å². The lowest BCUT2D eigenvalue weighted by atomic mass is 10.1. The Balaban J connectivity index is 1.80. The predicted molar refractivity (Wildman–Crippen MR) is 90.9 cm³/mol. The third kappa shape index (κ3) is 5.50. The fraction of sp³-hybridized carbons (Fsp3) is 0.200. The van der Waals surface area contributed by atoms with Crippen molar-refractivity contribution in [3.05, 3.63) is 58.3 Å². The molecule has 0 aliphatic carbocycles. The number of aromatic nitrogens is 1. The Morgan fingerprint density at radius 1 is 1.27 bits per heavy atom. The maximum atomic E-state index is 11.8. The number of nitrogens with two attached hydrogens (primary N) is 1. The Hall–Kier alpha value is -3.05. The van der Waals surface area contributed by atoms with Crippen LogP contribution in [0.15, 0.2) is 47.5 Å². The van der Waals surface area contributed by atoms with E-state index in [4.69, 9.17) is 9.88 Å². The van der Waals surface area contributed by atoms with Crippen molar-refractivity contribution in [2.45, 2.75) is 11.3 Å². The average molecular weight is 380 g/mol. The number of primary sulfonamides is 1. The van der Waals surface area contributed by atoms with Crippen molar-refractivity contribution in [1.29, 1.82) is 0 Å². The Labute approximate surface area is 149 Å². The molecule has 1 aromatic heterocycles. The van der Waals surface area contributed by atoms with Crippen LogP contribution in [0.2, 0.25) is 0 Å². The van der Waals surface area contributed by atoms with Crippen molar-refractivity contribution >= 4 is 21.7 Å². The molecule has 10 nitrogen and oxygen atoms in total. The van der Waals surface area contributed by atoms with Crippen molar-refractivity contribution in [1.82, 2.24) is 10.3 Å². The first kappa shape index (κ1) is 19.3. The van der Waals surface area contributed by atoms with E-state index in [-0.39, 0.29) is 17.2 Å². The molecule has 26 heavy (non-hydrogen) atoms. The summed E-state index contributed by atoms with van der Waals surface area (Å²) in [5, 5.41) is 18.4. The first-order chi connectivity index (χ1) is 12.3. The average Bonchev–Trinajstić information content (AvgIpc) is 2.60. The van der Waals surface area contributed by atoms with Crippen LogP contribution in [0, 0.1) is 10.1 Å². The zero-order valence-corrected chi connectivity index (χ0v) is 14.3. The van der Waals surface area contributed by atoms with Gasteiger partial charge in [-0.2, -0.15) is 0 Å². The summed E-state index contributed by atoms with van der Waals surface area (Å²) in [5.74, 6) is -1.01. The monoisotopic (exact) mass is 380 g/mol. The van der Waals surface area contributed by atoms with Crippen molar-refractivity contribution in [3.63, 3.8) is 0 Å². The van der Waals surface area contributed by atoms with Gasteiger partial charge in [0.15, 0.2) is 6.61 Å². The van der Waals surface area contributed by atoms with Gasteiger partial charge >= 0.3 is 5.82 Å². The molecule has 2 rings (SSSR count). The predicted octanol–water partition coefficient (Wildman–Crippen LogP) is 0.375. The van der Waals surface area contributed by atoms with Gasteiger partial charge in [0.2, 0.25) is 15.8 Å². The minimum Gasteiger partial charge on any atom is -0.476 e. The zero-order valence-electron chi connectivity index (χ0n) is 13.5. The van der Waals surface area contributed by atoms with Gasteiger partial charge in [0, 0.05) is 6.54 Å². The lowest BCUT2D eigenvalue weighted by Gasteiger charge is -2.08. The highest BCUT2D eigenvalue weighted by Gasteiger charge is 2.16. The molecule has 0 unspecified atom stereocenters. The number of carbonyl (C=O) groups is 1. The molecule has 2 aromatic rings. The van der Waals surface area contributed by atoms with Crippen LogP contribution in [0.3, 0.4) is 0 Å². The Morgan fingerprint density at radius 2 is 1.96 bits per heavy atom. The van der Waals surface area contributed by atoms with Crippen molar-refractivity contribution in [3.8, 4) is 5.75 Å². The second-order valence-corrected chi connectivity index (χ2v) is 6.72. The molecule has 1 aromatic carbocycles. The zero-order chi connectivity index (χ0) is 19.2. The first-order valence-corrected chi connectivity index (χ1v) is 8.92. The number of nitrogens with one attached hydrogen (secondary N) is 1. The largest absolute Gasteiger partial charge is 0.476 e. The molecular weight excluding hydrogens is 364 g/mol. The number of benzene rings is 1. The maximum absolute atomic E-state index is 11.8. The minimum atomic E-state index is -3.74. The quantitative estimate of drug-likeness (QED) is 0.495. The molecule has 0 fully saturated rings. The van der Waals surface area contributed by atoms with Crippen LogP contribution >= 0.6 is 0 Å². The number of nitro groups is 1. The van der Waals surface area contributed by atoms with Gasteiger partial charge in [-0.05, 0) is 46.2 Å². The Bertz CT molecular complexity index is 899. The molecule has 3 N–H and O–H groups in total. The summed E-state index contributed by atoms with van der Waals surface area (Å²) in [6.07, 6.45) is 1.72. The summed E-state index contributed by atoms with van der Waals surface area (Å²) in [5.41, 5.74) is 0.807. The second kappa shape index (κ2) is 8.36. The molecule has 1 amide bonds. The maximum Gasteiger partial charge on any atom is 0.406 e. The Kier molecular flexibility index (Phi) is 6.20. The number of pyridine rings is 1. The molecule has 138 valence electrons. The topological polar surface area (TPSA) is 155 Å². The summed E-state index contributed by atoms with van der Waals surface area (Å²) in [7, 11) is -3.74. The number of hydrogen-bond donors (Lipinski definition) is 2. The third-order valence-electron chi connectivity index (χ3n) is 3.27. The van der Waals surface area contributed by atoms with Gasteiger partial charge in [-0.15, -0.1) is 0 Å². The third-order valence-corrected chi connectivity index (χ3v) is 4.20. The van der Waals surface area contributed by atoms with Crippen LogP contribution in [0.1, 0.15) is 5.56 Å². The number of sulfonamides is 1. The minimum absolute atomic E-state index is 0.0109. The van der Waals surface area contributed by atoms with E-state index in [0.29, 0.717) is 6.42 Å². The fourth-order valence-corrected chi connectivity index (χ4v) is 2.53. The van der Waals surface area contributed by atoms with Gasteiger partial charge in [-0.25, -0.2) is 13.6 Å². The van der Waals surface area contributed by atoms with Gasteiger partial charge in [-0.3, -0.25) is 4.79 Å². The van der Waals surface area contributed by atoms with E-state index in [1.165, 1.54) is 30.5 Å². The van der Waals surface area contributed by atoms with E-state index in [1.54, 1.807) is 12.1 Å². The fourth-order valence-electron chi connectivity index (χ4n) is 2.02. The summed E-state index contributed by atoms with van der Waals surface area (Å²) in [6, 6.07) is 8.79. The first-order valence-electron chi connectivity index (χ1n) is 7.38. The molecule has 0 bridgehead atoms. The summed E-state index contributed by atoms with van der Waals surface area (Å²) in [4.78, 5) is 25.4. The molecule has 1 heterocycles. The molecule has 0 aliphatic heterocycles. The summed E-state index contributed by atoms with van der Waals surface area (Å²) < 4.78 is 27.4. The number of rotatable bonds is 8. The van der Waals surface area contributed by atoms with Gasteiger partial charge in [0.1, 0.15) is 6.20 Å². The van der Waals surface area contributed by atoms with Gasteiger partial charge in [0.25, 0.3) is 5.91 Å². The molecule has 0 atom stereocenters. The lowest BCUT2D eigenvalue weighted by Crippen LogP contribution is -2.30. The molecule has 0 saturated heterocycles. The van der Waals surface area contributed by atoms with Crippen molar-refractivity contribution in [2.24, 2.45) is 5.14 Å². The highest BCUT2D eigenvalue weighted by atomic mass is 32.2. The van der Waals surface area contributed by atoms with Crippen LogP contribution in [-0.2, 0) is 21.2 Å². The molecule has 0 spiro atoms. The van der Waals surface area contributed by atoms with Crippen LogP contribution in [0.4, 0.5) is 5.82 Å². The normalized spacial score (nSPS) is 11.0. The molecule has 0 radical (unpaired) electrons. The smallest absolute Gasteiger partial charge is 0.406 e. The van der Waals surface area contributed by atoms with Gasteiger partial charge < -0.3 is 20.2 Å². The standard InChI is InChI=1S/C15H16N4O6S/c16-26(23,24)12-5-3-11(4-6-12)7-9-17-14(20)10-25-13-2-1-8-18-15(13)19(21)22/h1-6,8H,7,9-10H2,(H,17,20)(H2,16,23,24). The van der Waals surface area contributed by atoms with Crippen molar-refractivity contribution < 1.29 is 22.9 Å². The van der Waals surface area contributed by atoms with E-state index in [1.807, 2.05) is 0 Å². The lowest BCUT2D eigenvalue weighted by molar-refractivity contribution is -0.390. The number of carbonyl (C=O) groups excluding carboxylic acids is 1. The summed E-state index contributed by atoms with van der Waals surface area (Å²) >= 11 is 0. The highest BCUT2D eigenvalue weighted by molar-refractivity contribution is 7.89. The SMILES string of the molecule is NS(=O)(=O)c1ccc(CCNC(=O)COc2cccnc2[N+](=O)[O-])cc1. The van der Waals surface area contributed by atoms with E-state index in [2.05, 4.69) is 10.3 Å². The number of nitrogens with zero attached hydrogens (tertiary/aromatic N) is 2. The van der Waals surface area contributed by atoms with E-state index >= 15 is 0 Å². The Morgan fingerprint density at radius 3 is 2.58 bits per heavy atom. The molecule has 11 heteroatoms. The second-order valence-electron chi connectivity index (χ2n) is 5.16. The number of ether oxygens (including phenoxy) is 1. The van der Waals surface area contributed by atoms with Crippen LogP contribution in [0.25, 0.3) is 0 Å². The highest BCUT2D eigenvalue weighted by Crippen LogP contribution is 2.22. The molecule has 0 aliphatic rings. The summed E-state index contributed by atoms with van der Waals surface area (Å²) in [6.45, 7) is -0.108. The van der Waals surface area contributed by atoms with Crippen LogP contribution < -0.4 is 15.2 Å². The number of hydrogen-bond acceptors (Lipinski definition) is 7. The van der Waals surface area contributed by atoms with E-state index < -0.39 is 33.3 Å². The van der Waals surface area contributed by atoms with Crippen molar-refractivity contribution in [2.75, 3.05) is 13.2 Å². The van der Waals surface area contributed by atoms with Gasteiger partial charge in [-0.1, -0.05) is 12.1 Å². The van der Waals surface area contributed by atoms with Gasteiger partial charge in [0.05, 0.1) is 4.90 Å². The van der Waals surface area contributed by atoms with E-state index in [0.717, 1.165) is 5.56 Å².